The van der Waals surface area contributed by atoms with Crippen molar-refractivity contribution in [3.05, 3.63) is 107 Å². The molecule has 4 nitrogen and oxygen atoms in total. The Balaban J connectivity index is 1.93. The molecule has 0 aliphatic carbocycles. The van der Waals surface area contributed by atoms with Crippen LogP contribution in [-0.4, -0.2) is 16.8 Å². The van der Waals surface area contributed by atoms with Crippen LogP contribution in [0, 0.1) is 5.82 Å². The number of amides is 1. The number of rotatable bonds is 3. The van der Waals surface area contributed by atoms with E-state index in [-0.39, 0.29) is 16.8 Å². The lowest BCUT2D eigenvalue weighted by Gasteiger charge is -2.26. The molecule has 1 atom stereocenters. The predicted octanol–water partition coefficient (Wildman–Crippen LogP) is 5.47. The van der Waals surface area contributed by atoms with E-state index < -0.39 is 41.0 Å². The number of anilines is 1. The fourth-order valence-electron chi connectivity index (χ4n) is 3.64. The fraction of sp³-hybridized carbons (Fsp3) is 0.0833. The van der Waals surface area contributed by atoms with Crippen molar-refractivity contribution in [2.24, 2.45) is 0 Å². The van der Waals surface area contributed by atoms with Crippen LogP contribution >= 0.6 is 0 Å². The first-order valence-corrected chi connectivity index (χ1v) is 9.47. The number of carbonyl (C=O) groups is 2. The van der Waals surface area contributed by atoms with E-state index in [2.05, 4.69) is 0 Å². The molecule has 1 amide bonds. The first kappa shape index (κ1) is 21.3. The zero-order chi connectivity index (χ0) is 23.0. The number of Topliss-reactive ketones (excluding diaryl/α,β-unsaturated/α-hetero) is 1. The summed E-state index contributed by atoms with van der Waals surface area (Å²) in [5.74, 6) is -3.25. The van der Waals surface area contributed by atoms with Crippen LogP contribution in [0.3, 0.4) is 0 Å². The fourth-order valence-corrected chi connectivity index (χ4v) is 3.64. The Bertz CT molecular complexity index is 1220. The molecule has 0 radical (unpaired) electrons. The monoisotopic (exact) mass is 441 g/mol. The minimum atomic E-state index is -4.65. The van der Waals surface area contributed by atoms with Crippen LogP contribution < -0.4 is 4.90 Å². The van der Waals surface area contributed by atoms with E-state index in [1.165, 1.54) is 18.2 Å². The summed E-state index contributed by atoms with van der Waals surface area (Å²) >= 11 is 0. The van der Waals surface area contributed by atoms with Crippen LogP contribution in [0.2, 0.25) is 0 Å². The van der Waals surface area contributed by atoms with Crippen LogP contribution in [0.4, 0.5) is 23.2 Å². The van der Waals surface area contributed by atoms with Crippen LogP contribution in [-0.2, 0) is 15.8 Å². The van der Waals surface area contributed by atoms with Gasteiger partial charge < -0.3 is 5.11 Å². The number of halogens is 4. The number of benzene rings is 3. The maximum atomic E-state index is 13.3. The molecule has 32 heavy (non-hydrogen) atoms. The molecule has 1 saturated heterocycles. The Morgan fingerprint density at radius 3 is 2.16 bits per heavy atom. The van der Waals surface area contributed by atoms with E-state index in [1.807, 2.05) is 0 Å². The van der Waals surface area contributed by atoms with Crippen molar-refractivity contribution in [1.82, 2.24) is 0 Å². The van der Waals surface area contributed by atoms with Gasteiger partial charge in [0, 0.05) is 11.3 Å². The Labute approximate surface area is 180 Å². The lowest BCUT2D eigenvalue weighted by atomic mass is 9.95. The van der Waals surface area contributed by atoms with Crippen molar-refractivity contribution in [2.75, 3.05) is 4.90 Å². The highest BCUT2D eigenvalue weighted by atomic mass is 19.4. The minimum absolute atomic E-state index is 0.0920. The van der Waals surface area contributed by atoms with Gasteiger partial charge in [-0.25, -0.2) is 4.39 Å². The first-order chi connectivity index (χ1) is 15.2. The minimum Gasteiger partial charge on any atom is -0.507 e. The first-order valence-electron chi connectivity index (χ1n) is 9.47. The molecule has 0 saturated carbocycles. The molecule has 0 aromatic heterocycles. The highest BCUT2D eigenvalue weighted by Gasteiger charge is 2.47. The number of hydrogen-bond donors (Lipinski definition) is 1. The third-order valence-electron chi connectivity index (χ3n) is 5.13. The van der Waals surface area contributed by atoms with Gasteiger partial charge in [0.25, 0.3) is 11.7 Å². The molecular formula is C24H15F4NO3. The number of alkyl halides is 3. The van der Waals surface area contributed by atoms with E-state index in [0.29, 0.717) is 5.56 Å². The average molecular weight is 441 g/mol. The number of ketones is 1. The number of aliphatic hydroxyl groups excluding tert-OH is 1. The van der Waals surface area contributed by atoms with E-state index in [9.17, 15) is 32.3 Å². The summed E-state index contributed by atoms with van der Waals surface area (Å²) in [5.41, 5.74) is -0.927. The largest absolute Gasteiger partial charge is 0.507 e. The number of aliphatic hydroxyl groups is 1. The second-order valence-corrected chi connectivity index (χ2v) is 7.13. The molecule has 1 N–H and O–H groups in total. The van der Waals surface area contributed by atoms with Crippen molar-refractivity contribution in [1.29, 1.82) is 0 Å². The lowest BCUT2D eigenvalue weighted by molar-refractivity contribution is -0.137. The topological polar surface area (TPSA) is 57.6 Å². The normalized spacial score (nSPS) is 18.2. The maximum Gasteiger partial charge on any atom is 0.416 e. The number of carbonyl (C=O) groups excluding carboxylic acids is 2. The Morgan fingerprint density at radius 1 is 0.875 bits per heavy atom. The van der Waals surface area contributed by atoms with Crippen LogP contribution in [0.1, 0.15) is 22.7 Å². The van der Waals surface area contributed by atoms with E-state index >= 15 is 0 Å². The Morgan fingerprint density at radius 2 is 1.53 bits per heavy atom. The van der Waals surface area contributed by atoms with Crippen LogP contribution in [0.5, 0.6) is 0 Å². The summed E-state index contributed by atoms with van der Waals surface area (Å²) < 4.78 is 53.1. The number of hydrogen-bond acceptors (Lipinski definition) is 3. The van der Waals surface area contributed by atoms with Gasteiger partial charge in [-0.3, -0.25) is 14.5 Å². The highest BCUT2D eigenvalue weighted by molar-refractivity contribution is 6.51. The van der Waals surface area contributed by atoms with Crippen LogP contribution in [0.15, 0.2) is 84.4 Å². The summed E-state index contributed by atoms with van der Waals surface area (Å²) in [5, 5.41) is 10.9. The Kier molecular flexibility index (Phi) is 5.30. The van der Waals surface area contributed by atoms with Crippen molar-refractivity contribution in [3.63, 3.8) is 0 Å². The third kappa shape index (κ3) is 3.75. The molecule has 1 aliphatic heterocycles. The van der Waals surface area contributed by atoms with Gasteiger partial charge in [0.05, 0.1) is 17.2 Å². The van der Waals surface area contributed by atoms with E-state index in [1.54, 1.807) is 30.3 Å². The molecule has 0 unspecified atom stereocenters. The van der Waals surface area contributed by atoms with Crippen molar-refractivity contribution in [2.45, 2.75) is 12.2 Å². The second-order valence-electron chi connectivity index (χ2n) is 7.13. The Hall–Kier alpha value is -3.94. The zero-order valence-electron chi connectivity index (χ0n) is 16.3. The molecule has 4 rings (SSSR count). The second kappa shape index (κ2) is 7.96. The van der Waals surface area contributed by atoms with Gasteiger partial charge in [-0.1, -0.05) is 36.4 Å². The molecule has 1 heterocycles. The molecule has 3 aromatic rings. The van der Waals surface area contributed by atoms with Gasteiger partial charge in [-0.15, -0.1) is 0 Å². The van der Waals surface area contributed by atoms with Gasteiger partial charge in [0.2, 0.25) is 0 Å². The van der Waals surface area contributed by atoms with Crippen LogP contribution in [0.25, 0.3) is 5.76 Å². The van der Waals surface area contributed by atoms with Gasteiger partial charge >= 0.3 is 6.18 Å². The summed E-state index contributed by atoms with van der Waals surface area (Å²) in [6.07, 6.45) is -4.65. The molecule has 8 heteroatoms. The summed E-state index contributed by atoms with van der Waals surface area (Å²) in [6.45, 7) is 0. The van der Waals surface area contributed by atoms with Crippen molar-refractivity contribution < 1.29 is 32.3 Å². The zero-order valence-corrected chi connectivity index (χ0v) is 16.3. The molecule has 0 spiro atoms. The van der Waals surface area contributed by atoms with Gasteiger partial charge in [0.1, 0.15) is 11.6 Å². The van der Waals surface area contributed by atoms with Gasteiger partial charge in [0.15, 0.2) is 0 Å². The van der Waals surface area contributed by atoms with E-state index in [0.717, 1.165) is 35.2 Å². The molecule has 3 aromatic carbocycles. The molecule has 0 bridgehead atoms. The van der Waals surface area contributed by atoms with E-state index in [4.69, 9.17) is 0 Å². The summed E-state index contributed by atoms with van der Waals surface area (Å²) in [7, 11) is 0. The predicted molar refractivity (Wildman–Crippen MR) is 109 cm³/mol. The van der Waals surface area contributed by atoms with Crippen molar-refractivity contribution >= 4 is 23.1 Å². The summed E-state index contributed by atoms with van der Waals surface area (Å²) in [4.78, 5) is 26.8. The maximum absolute atomic E-state index is 13.3. The SMILES string of the molecule is O=C1C(=O)N(c2cccc(C(F)(F)F)c2)[C@H](c2ccccc2)/C1=C(\O)c1ccc(F)cc1. The third-order valence-corrected chi connectivity index (χ3v) is 5.13. The summed E-state index contributed by atoms with van der Waals surface area (Å²) in [6, 6.07) is 15.7. The van der Waals surface area contributed by atoms with Gasteiger partial charge in [-0.05, 0) is 48.0 Å². The lowest BCUT2D eigenvalue weighted by Crippen LogP contribution is -2.29. The number of nitrogens with zero attached hydrogens (tertiary/aromatic N) is 1. The standard InChI is InChI=1S/C24H15F4NO3/c25-17-11-9-15(10-12-17)21(30)19-20(14-5-2-1-3-6-14)29(23(32)22(19)31)18-8-4-7-16(13-18)24(26,27)28/h1-13,20,30H/b21-19+/t20-/m1/s1. The molecular weight excluding hydrogens is 426 g/mol. The molecule has 1 aliphatic rings. The van der Waals surface area contributed by atoms with Crippen molar-refractivity contribution in [3.8, 4) is 0 Å². The highest BCUT2D eigenvalue weighted by Crippen LogP contribution is 2.43. The average Bonchev–Trinajstić information content (AvgIpc) is 3.04. The quantitative estimate of drug-likeness (QED) is 0.254. The van der Waals surface area contributed by atoms with Gasteiger partial charge in [-0.2, -0.15) is 13.2 Å². The molecule has 1 fully saturated rings. The molecule has 162 valence electrons. The smallest absolute Gasteiger partial charge is 0.416 e.